The van der Waals surface area contributed by atoms with Crippen LogP contribution in [0.1, 0.15) is 36.6 Å². The van der Waals surface area contributed by atoms with Crippen LogP contribution in [0, 0.1) is 13.8 Å². The Morgan fingerprint density at radius 1 is 1.28 bits per heavy atom. The number of aromatic nitrogens is 1. The monoisotopic (exact) mass is 242 g/mol. The van der Waals surface area contributed by atoms with Crippen molar-refractivity contribution in [1.82, 2.24) is 4.57 Å². The largest absolute Gasteiger partial charge is 0.348 e. The third-order valence-corrected chi connectivity index (χ3v) is 5.04. The number of hydrogen-bond donors (Lipinski definition) is 1. The van der Waals surface area contributed by atoms with E-state index in [-0.39, 0.29) is 11.5 Å². The summed E-state index contributed by atoms with van der Waals surface area (Å²) in [6, 6.07) is 7.15. The van der Waals surface area contributed by atoms with Gasteiger partial charge in [0.2, 0.25) is 0 Å². The first kappa shape index (κ1) is 11.8. The van der Waals surface area contributed by atoms with Crippen LogP contribution in [-0.2, 0) is 12.5 Å². The maximum Gasteiger partial charge on any atom is 0.0482 e. The summed E-state index contributed by atoms with van der Waals surface area (Å²) < 4.78 is 2.28. The molecule has 1 aliphatic carbocycles. The maximum absolute atomic E-state index is 6.18. The van der Waals surface area contributed by atoms with E-state index in [9.17, 15) is 0 Å². The Hall–Kier alpha value is -1.28. The van der Waals surface area contributed by atoms with E-state index in [2.05, 4.69) is 50.6 Å². The van der Waals surface area contributed by atoms with Crippen molar-refractivity contribution in [2.24, 2.45) is 12.8 Å². The Morgan fingerprint density at radius 2 is 1.94 bits per heavy atom. The molecule has 96 valence electrons. The van der Waals surface area contributed by atoms with Gasteiger partial charge in [-0.1, -0.05) is 6.07 Å². The van der Waals surface area contributed by atoms with Crippen molar-refractivity contribution in [2.75, 3.05) is 0 Å². The van der Waals surface area contributed by atoms with Crippen molar-refractivity contribution in [2.45, 2.75) is 45.1 Å². The molecule has 18 heavy (non-hydrogen) atoms. The molecule has 2 N–H and O–H groups in total. The summed E-state index contributed by atoms with van der Waals surface area (Å²) in [7, 11) is 2.14. The lowest BCUT2D eigenvalue weighted by Gasteiger charge is -2.20. The predicted molar refractivity (Wildman–Crippen MR) is 77.0 cm³/mol. The van der Waals surface area contributed by atoms with Gasteiger partial charge in [0.25, 0.3) is 0 Å². The van der Waals surface area contributed by atoms with Crippen LogP contribution in [0.2, 0.25) is 0 Å². The minimum atomic E-state index is 0.250. The average Bonchev–Trinajstić information content (AvgIpc) is 3.13. The van der Waals surface area contributed by atoms with Crippen LogP contribution in [0.5, 0.6) is 0 Å². The first-order valence-corrected chi connectivity index (χ1v) is 6.79. The molecule has 0 bridgehead atoms. The summed E-state index contributed by atoms with van der Waals surface area (Å²) >= 11 is 0. The van der Waals surface area contributed by atoms with E-state index in [0.29, 0.717) is 0 Å². The van der Waals surface area contributed by atoms with Crippen molar-refractivity contribution in [3.8, 4) is 0 Å². The van der Waals surface area contributed by atoms with Gasteiger partial charge < -0.3 is 10.3 Å². The lowest BCUT2D eigenvalue weighted by Crippen LogP contribution is -2.31. The second-order valence-electron chi connectivity index (χ2n) is 5.95. The molecule has 0 saturated heterocycles. The van der Waals surface area contributed by atoms with Gasteiger partial charge in [0.15, 0.2) is 0 Å². The number of aryl methyl sites for hydroxylation is 2. The molecule has 1 unspecified atom stereocenters. The smallest absolute Gasteiger partial charge is 0.0482 e. The molecule has 1 atom stereocenters. The van der Waals surface area contributed by atoms with Gasteiger partial charge in [0.05, 0.1) is 0 Å². The predicted octanol–water partition coefficient (Wildman–Crippen LogP) is 3.17. The Kier molecular flexibility index (Phi) is 2.36. The highest BCUT2D eigenvalue weighted by molar-refractivity contribution is 5.86. The molecule has 2 aromatic rings. The van der Waals surface area contributed by atoms with Crippen LogP contribution >= 0.6 is 0 Å². The molecule has 1 aliphatic rings. The van der Waals surface area contributed by atoms with Crippen molar-refractivity contribution >= 4 is 10.9 Å². The molecule has 2 nitrogen and oxygen atoms in total. The lowest BCUT2D eigenvalue weighted by atomic mass is 9.88. The summed E-state index contributed by atoms with van der Waals surface area (Å²) in [4.78, 5) is 0. The molecule has 0 amide bonds. The van der Waals surface area contributed by atoms with Crippen molar-refractivity contribution in [3.05, 3.63) is 35.0 Å². The van der Waals surface area contributed by atoms with Crippen molar-refractivity contribution < 1.29 is 0 Å². The van der Waals surface area contributed by atoms with E-state index < -0.39 is 0 Å². The topological polar surface area (TPSA) is 30.9 Å². The van der Waals surface area contributed by atoms with Gasteiger partial charge in [0.1, 0.15) is 0 Å². The van der Waals surface area contributed by atoms with Crippen LogP contribution in [0.15, 0.2) is 18.2 Å². The van der Waals surface area contributed by atoms with Gasteiger partial charge in [-0.05, 0) is 56.9 Å². The van der Waals surface area contributed by atoms with E-state index in [0.717, 1.165) is 0 Å². The summed E-state index contributed by atoms with van der Waals surface area (Å²) in [5, 5.41) is 1.39. The highest BCUT2D eigenvalue weighted by Crippen LogP contribution is 2.50. The summed E-state index contributed by atoms with van der Waals surface area (Å²) in [6.07, 6.45) is 2.47. The van der Waals surface area contributed by atoms with Gasteiger partial charge in [-0.25, -0.2) is 0 Å². The maximum atomic E-state index is 6.18. The zero-order valence-electron chi connectivity index (χ0n) is 11.7. The van der Waals surface area contributed by atoms with Gasteiger partial charge in [-0.3, -0.25) is 0 Å². The fraction of sp³-hybridized carbons (Fsp3) is 0.500. The fourth-order valence-electron chi connectivity index (χ4n) is 3.21. The Morgan fingerprint density at radius 3 is 2.50 bits per heavy atom. The third-order valence-electron chi connectivity index (χ3n) is 5.04. The van der Waals surface area contributed by atoms with E-state index >= 15 is 0 Å². The Bertz CT molecular complexity index is 616. The molecule has 3 rings (SSSR count). The van der Waals surface area contributed by atoms with Gasteiger partial charge in [-0.15, -0.1) is 0 Å². The van der Waals surface area contributed by atoms with Crippen molar-refractivity contribution in [1.29, 1.82) is 0 Å². The van der Waals surface area contributed by atoms with Crippen LogP contribution in [0.4, 0.5) is 0 Å². The average molecular weight is 242 g/mol. The van der Waals surface area contributed by atoms with Gasteiger partial charge in [-0.2, -0.15) is 0 Å². The minimum absolute atomic E-state index is 0.250. The Labute approximate surface area is 109 Å². The minimum Gasteiger partial charge on any atom is -0.348 e. The molecule has 1 aromatic carbocycles. The molecular formula is C16H22N2. The number of rotatable bonds is 2. The zero-order chi connectivity index (χ0) is 13.1. The molecular weight excluding hydrogens is 220 g/mol. The van der Waals surface area contributed by atoms with Crippen LogP contribution in [-0.4, -0.2) is 10.6 Å². The van der Waals surface area contributed by atoms with Crippen LogP contribution < -0.4 is 5.73 Å². The summed E-state index contributed by atoms with van der Waals surface area (Å²) in [6.45, 7) is 6.54. The van der Waals surface area contributed by atoms with Crippen molar-refractivity contribution in [3.63, 3.8) is 0 Å². The molecule has 1 fully saturated rings. The second kappa shape index (κ2) is 3.61. The molecule has 1 aromatic heterocycles. The molecule has 1 saturated carbocycles. The molecule has 2 heteroatoms. The second-order valence-corrected chi connectivity index (χ2v) is 5.95. The van der Waals surface area contributed by atoms with Gasteiger partial charge >= 0.3 is 0 Å². The number of hydrogen-bond acceptors (Lipinski definition) is 1. The number of benzene rings is 1. The SMILES string of the molecule is Cc1c(C)n(C)c2ccc(C3(C(C)N)CC3)cc12. The molecule has 0 spiro atoms. The van der Waals surface area contributed by atoms with Crippen LogP contribution in [0.25, 0.3) is 10.9 Å². The molecule has 0 radical (unpaired) electrons. The summed E-state index contributed by atoms with van der Waals surface area (Å²) in [5.74, 6) is 0. The normalized spacial score (nSPS) is 19.2. The fourth-order valence-corrected chi connectivity index (χ4v) is 3.21. The molecule has 1 heterocycles. The number of fused-ring (bicyclic) bond motifs is 1. The number of nitrogens with zero attached hydrogens (tertiary/aromatic N) is 1. The lowest BCUT2D eigenvalue weighted by molar-refractivity contribution is 0.557. The van der Waals surface area contributed by atoms with E-state index in [1.807, 2.05) is 0 Å². The van der Waals surface area contributed by atoms with Crippen LogP contribution in [0.3, 0.4) is 0 Å². The zero-order valence-corrected chi connectivity index (χ0v) is 11.7. The van der Waals surface area contributed by atoms with E-state index in [4.69, 9.17) is 5.73 Å². The summed E-state index contributed by atoms with van der Waals surface area (Å²) in [5.41, 5.74) is 11.9. The Balaban J connectivity index is 2.21. The molecule has 0 aliphatic heterocycles. The first-order valence-electron chi connectivity index (χ1n) is 6.79. The van der Waals surface area contributed by atoms with Gasteiger partial charge in [0, 0.05) is 35.1 Å². The van der Waals surface area contributed by atoms with E-state index in [1.54, 1.807) is 0 Å². The third kappa shape index (κ3) is 1.39. The number of nitrogens with two attached hydrogens (primary N) is 1. The van der Waals surface area contributed by atoms with E-state index in [1.165, 1.54) is 40.6 Å². The standard InChI is InChI=1S/C16H22N2/c1-10-11(2)18(4)15-6-5-13(9-14(10)15)16(7-8-16)12(3)17/h5-6,9,12H,7-8,17H2,1-4H3. The highest BCUT2D eigenvalue weighted by Gasteiger charge is 2.47. The highest BCUT2D eigenvalue weighted by atomic mass is 14.9. The first-order chi connectivity index (χ1) is 8.47. The quantitative estimate of drug-likeness (QED) is 0.861.